The van der Waals surface area contributed by atoms with Crippen LogP contribution in [0.1, 0.15) is 48.2 Å². The van der Waals surface area contributed by atoms with Crippen LogP contribution in [0.2, 0.25) is 0 Å². The van der Waals surface area contributed by atoms with Crippen molar-refractivity contribution in [3.63, 3.8) is 0 Å². The van der Waals surface area contributed by atoms with E-state index in [9.17, 15) is 4.79 Å². The quantitative estimate of drug-likeness (QED) is 0.940. The van der Waals surface area contributed by atoms with Gasteiger partial charge in [-0.25, -0.2) is 4.98 Å². The summed E-state index contributed by atoms with van der Waals surface area (Å²) < 4.78 is 2.15. The second kappa shape index (κ2) is 5.85. The van der Waals surface area contributed by atoms with Gasteiger partial charge in [-0.15, -0.1) is 0 Å². The van der Waals surface area contributed by atoms with E-state index < -0.39 is 0 Å². The molecule has 4 rings (SSSR count). The van der Waals surface area contributed by atoms with E-state index >= 15 is 0 Å². The number of piperazine rings is 1. The molecule has 2 fully saturated rings. The van der Waals surface area contributed by atoms with E-state index in [0.29, 0.717) is 12.6 Å². The first-order valence-electron chi connectivity index (χ1n) is 8.47. The molecule has 0 radical (unpaired) electrons. The van der Waals surface area contributed by atoms with Gasteiger partial charge in [0.2, 0.25) is 0 Å². The number of carbonyl (C=O) groups excluding carboxylic acids is 1. The van der Waals surface area contributed by atoms with Crippen molar-refractivity contribution in [2.24, 2.45) is 0 Å². The molecule has 1 atom stereocenters. The molecule has 1 saturated carbocycles. The summed E-state index contributed by atoms with van der Waals surface area (Å²) in [6.07, 6.45) is 8.04. The van der Waals surface area contributed by atoms with Gasteiger partial charge in [0.15, 0.2) is 0 Å². The monoisotopic (exact) mass is 313 g/mol. The molecule has 6 heteroatoms. The number of nitrogens with zero attached hydrogens (tertiary/aromatic N) is 4. The Kier molecular flexibility index (Phi) is 3.69. The first kappa shape index (κ1) is 14.5. The minimum atomic E-state index is 0.147. The van der Waals surface area contributed by atoms with E-state index in [4.69, 9.17) is 0 Å². The Hall–Kier alpha value is -2.08. The van der Waals surface area contributed by atoms with Crippen molar-refractivity contribution in [3.05, 3.63) is 42.2 Å². The minimum Gasteiger partial charge on any atom is -0.347 e. The van der Waals surface area contributed by atoms with Crippen LogP contribution in [0.4, 0.5) is 0 Å². The second-order valence-corrected chi connectivity index (χ2v) is 6.40. The predicted octanol–water partition coefficient (Wildman–Crippen LogP) is 2.07. The molecule has 0 spiro atoms. The molecule has 2 aromatic heterocycles. The fourth-order valence-corrected chi connectivity index (χ4v) is 3.51. The summed E-state index contributed by atoms with van der Waals surface area (Å²) >= 11 is 0. The van der Waals surface area contributed by atoms with Crippen LogP contribution < -0.4 is 0 Å². The van der Waals surface area contributed by atoms with Crippen LogP contribution in [0.5, 0.6) is 0 Å². The summed E-state index contributed by atoms with van der Waals surface area (Å²) in [5.74, 6) is 1.09. The number of carbonyl (C=O) groups is 1. The highest BCUT2D eigenvalue weighted by Gasteiger charge is 2.34. The van der Waals surface area contributed by atoms with E-state index in [1.54, 1.807) is 6.20 Å². The van der Waals surface area contributed by atoms with Gasteiger partial charge < -0.3 is 14.5 Å². The highest BCUT2D eigenvalue weighted by atomic mass is 16.2. The maximum Gasteiger partial charge on any atom is 0.270 e. The zero-order valence-corrected chi connectivity index (χ0v) is 13.5. The van der Waals surface area contributed by atoms with Gasteiger partial charge in [-0.1, -0.05) is 6.92 Å². The van der Waals surface area contributed by atoms with Crippen LogP contribution in [0, 0.1) is 0 Å². The van der Waals surface area contributed by atoms with E-state index in [1.165, 1.54) is 12.8 Å². The fourth-order valence-electron chi connectivity index (χ4n) is 3.51. The zero-order chi connectivity index (χ0) is 15.8. The van der Waals surface area contributed by atoms with E-state index in [0.717, 1.165) is 31.2 Å². The van der Waals surface area contributed by atoms with E-state index in [1.807, 2.05) is 29.4 Å². The lowest BCUT2D eigenvalue weighted by Crippen LogP contribution is -2.50. The number of rotatable bonds is 4. The van der Waals surface area contributed by atoms with Gasteiger partial charge in [-0.3, -0.25) is 9.69 Å². The Balaban J connectivity index is 1.55. The largest absolute Gasteiger partial charge is 0.347 e. The van der Waals surface area contributed by atoms with Crippen LogP contribution in [0.3, 0.4) is 0 Å². The normalized spacial score (nSPS) is 22.5. The Morgan fingerprint density at radius 3 is 2.96 bits per heavy atom. The lowest BCUT2D eigenvalue weighted by atomic mass is 10.1. The predicted molar refractivity (Wildman–Crippen MR) is 87.2 cm³/mol. The minimum absolute atomic E-state index is 0.147. The van der Waals surface area contributed by atoms with Crippen molar-refractivity contribution >= 4 is 5.91 Å². The van der Waals surface area contributed by atoms with E-state index in [-0.39, 0.29) is 11.9 Å². The number of likely N-dealkylation sites (N-methyl/N-ethyl adjacent to an activating group) is 1. The number of nitrogens with one attached hydrogen (secondary N) is 1. The smallest absolute Gasteiger partial charge is 0.270 e. The summed E-state index contributed by atoms with van der Waals surface area (Å²) in [5.41, 5.74) is 0.829. The van der Waals surface area contributed by atoms with Crippen LogP contribution in [-0.4, -0.2) is 56.4 Å². The summed E-state index contributed by atoms with van der Waals surface area (Å²) in [4.78, 5) is 25.0. The third kappa shape index (κ3) is 2.67. The van der Waals surface area contributed by atoms with Gasteiger partial charge in [0.25, 0.3) is 5.91 Å². The Morgan fingerprint density at radius 2 is 2.26 bits per heavy atom. The first-order valence-corrected chi connectivity index (χ1v) is 8.47. The van der Waals surface area contributed by atoms with Crippen molar-refractivity contribution in [3.8, 4) is 0 Å². The van der Waals surface area contributed by atoms with Crippen molar-refractivity contribution in [1.82, 2.24) is 24.3 Å². The second-order valence-electron chi connectivity index (χ2n) is 6.40. The Morgan fingerprint density at radius 1 is 1.39 bits per heavy atom. The summed E-state index contributed by atoms with van der Waals surface area (Å²) in [6, 6.07) is 4.62. The molecule has 0 unspecified atom stereocenters. The van der Waals surface area contributed by atoms with Gasteiger partial charge >= 0.3 is 0 Å². The molecular formula is C17H23N5O. The summed E-state index contributed by atoms with van der Waals surface area (Å²) in [7, 11) is 0. The fraction of sp³-hybridized carbons (Fsp3) is 0.529. The van der Waals surface area contributed by atoms with Gasteiger partial charge in [-0.05, 0) is 31.5 Å². The van der Waals surface area contributed by atoms with Gasteiger partial charge in [0, 0.05) is 44.3 Å². The molecule has 3 heterocycles. The molecule has 1 aliphatic heterocycles. The molecule has 2 aromatic rings. The first-order chi connectivity index (χ1) is 11.3. The third-order valence-corrected chi connectivity index (χ3v) is 4.96. The maximum atomic E-state index is 13.0. The molecule has 23 heavy (non-hydrogen) atoms. The molecule has 1 amide bonds. The molecule has 1 N–H and O–H groups in total. The number of aromatic amines is 1. The highest BCUT2D eigenvalue weighted by molar-refractivity contribution is 5.93. The van der Waals surface area contributed by atoms with Crippen LogP contribution >= 0.6 is 0 Å². The molecular weight excluding hydrogens is 290 g/mol. The summed E-state index contributed by atoms with van der Waals surface area (Å²) in [6.45, 7) is 5.48. The number of hydrogen-bond acceptors (Lipinski definition) is 3. The average Bonchev–Trinajstić information content (AvgIpc) is 3.09. The van der Waals surface area contributed by atoms with Crippen molar-refractivity contribution in [2.75, 3.05) is 26.2 Å². The zero-order valence-electron chi connectivity index (χ0n) is 13.5. The number of hydrogen-bond donors (Lipinski definition) is 1. The van der Waals surface area contributed by atoms with Gasteiger partial charge in [0.05, 0.1) is 6.04 Å². The molecule has 2 aliphatic rings. The number of aromatic nitrogens is 3. The molecule has 1 saturated heterocycles. The van der Waals surface area contributed by atoms with Crippen LogP contribution in [0.25, 0.3) is 0 Å². The Bertz CT molecular complexity index is 673. The van der Waals surface area contributed by atoms with E-state index in [2.05, 4.69) is 26.4 Å². The maximum absolute atomic E-state index is 13.0. The topological polar surface area (TPSA) is 57.2 Å². The molecule has 122 valence electrons. The Labute approximate surface area is 136 Å². The van der Waals surface area contributed by atoms with Crippen molar-refractivity contribution < 1.29 is 4.79 Å². The van der Waals surface area contributed by atoms with Crippen molar-refractivity contribution in [2.45, 2.75) is 31.8 Å². The lowest BCUT2D eigenvalue weighted by Gasteiger charge is -2.40. The molecule has 1 aliphatic carbocycles. The standard InChI is InChI=1S/C17H23N5O/c1-2-20-10-11-21(12-15(20)16-18-7-8-19-16)17(23)14-4-3-9-22(14)13-5-6-13/h3-4,7-9,13,15H,2,5-6,10-12H2,1H3,(H,18,19)/t15-/m0/s1. The number of H-pyrrole nitrogens is 1. The molecule has 0 bridgehead atoms. The number of amides is 1. The van der Waals surface area contributed by atoms with Crippen molar-refractivity contribution in [1.29, 1.82) is 0 Å². The van der Waals surface area contributed by atoms with Crippen LogP contribution in [0.15, 0.2) is 30.7 Å². The SMILES string of the molecule is CCN1CCN(C(=O)c2cccn2C2CC2)C[C@H]1c1ncc[nH]1. The summed E-state index contributed by atoms with van der Waals surface area (Å²) in [5, 5.41) is 0. The van der Waals surface area contributed by atoms with Gasteiger partial charge in [-0.2, -0.15) is 0 Å². The van der Waals surface area contributed by atoms with Gasteiger partial charge in [0.1, 0.15) is 11.5 Å². The lowest BCUT2D eigenvalue weighted by molar-refractivity contribution is 0.0470. The molecule has 6 nitrogen and oxygen atoms in total. The number of imidazole rings is 1. The van der Waals surface area contributed by atoms with Crippen LogP contribution in [-0.2, 0) is 0 Å². The average molecular weight is 313 g/mol. The molecule has 0 aromatic carbocycles. The highest BCUT2D eigenvalue weighted by Crippen LogP contribution is 2.36. The third-order valence-electron chi connectivity index (χ3n) is 4.96.